The largest absolute Gasteiger partial charge is 0.505 e. The number of ether oxygens (including phenoxy) is 1. The summed E-state index contributed by atoms with van der Waals surface area (Å²) in [5.41, 5.74) is 1.26. The minimum atomic E-state index is -3.85. The number of para-hydroxylation sites is 1. The van der Waals surface area contributed by atoms with Gasteiger partial charge in [0.25, 0.3) is 11.8 Å². The molecule has 0 aliphatic carbocycles. The van der Waals surface area contributed by atoms with E-state index in [1.165, 1.54) is 23.2 Å². The van der Waals surface area contributed by atoms with Gasteiger partial charge in [-0.25, -0.2) is 8.96 Å². The number of phenolic OH excluding ortho intramolecular Hbond substituents is 1. The maximum absolute atomic E-state index is 13.9. The van der Waals surface area contributed by atoms with Gasteiger partial charge in [0.1, 0.15) is 28.9 Å². The molecular weight excluding hydrogens is 600 g/mol. The minimum Gasteiger partial charge on any atom is -0.505 e. The minimum absolute atomic E-state index is 0.0156. The van der Waals surface area contributed by atoms with Crippen molar-refractivity contribution in [1.82, 2.24) is 15.2 Å². The number of nitrogens with zero attached hydrogens (tertiary/aromatic N) is 2. The van der Waals surface area contributed by atoms with Gasteiger partial charge in [0.2, 0.25) is 0 Å². The van der Waals surface area contributed by atoms with Crippen LogP contribution in [0.15, 0.2) is 85.3 Å². The Morgan fingerprint density at radius 1 is 1.16 bits per heavy atom. The summed E-state index contributed by atoms with van der Waals surface area (Å²) >= 11 is 0. The molecule has 2 N–H and O–H groups in total. The number of aromatic hydroxyl groups is 1. The van der Waals surface area contributed by atoms with Crippen LogP contribution in [0.5, 0.6) is 11.5 Å². The second kappa shape index (κ2) is 13.5. The molecule has 1 aliphatic heterocycles. The fraction of sp³-hybridized carbons (Fsp3) is 0.242. The Balaban J connectivity index is 1.40. The Hall–Kier alpha value is -4.73. The van der Waals surface area contributed by atoms with Crippen LogP contribution in [0.3, 0.4) is 0 Å². The predicted molar refractivity (Wildman–Crippen MR) is 167 cm³/mol. The highest BCUT2D eigenvalue weighted by Gasteiger charge is 2.37. The summed E-state index contributed by atoms with van der Waals surface area (Å²) in [4.78, 5) is 33.0. The Morgan fingerprint density at radius 3 is 2.60 bits per heavy atom. The van der Waals surface area contributed by atoms with Gasteiger partial charge in [-0.3, -0.25) is 19.1 Å². The van der Waals surface area contributed by atoms with Gasteiger partial charge in [-0.05, 0) is 49.7 Å². The number of hydrogen-bond acceptors (Lipinski definition) is 8. The van der Waals surface area contributed by atoms with Crippen molar-refractivity contribution in [3.05, 3.63) is 113 Å². The molecule has 0 saturated heterocycles. The van der Waals surface area contributed by atoms with E-state index >= 15 is 0 Å². The molecule has 45 heavy (non-hydrogen) atoms. The molecule has 0 radical (unpaired) electrons. The van der Waals surface area contributed by atoms with Crippen molar-refractivity contribution in [2.45, 2.75) is 33.0 Å². The van der Waals surface area contributed by atoms with Crippen LogP contribution >= 0.6 is 7.60 Å². The molecule has 234 valence electrons. The van der Waals surface area contributed by atoms with Gasteiger partial charge in [-0.1, -0.05) is 43.0 Å². The SMILES string of the molecule is C=C(OCC)[C@H](C)OP(=O)(CCNC(=O)c1c2c(c(O)c3ncccc13)C(=O)N(Cc1ccc(F)cc1)C2)Oc1ccccc1. The first-order valence-corrected chi connectivity index (χ1v) is 16.1. The van der Waals surface area contributed by atoms with Gasteiger partial charge in [-0.15, -0.1) is 0 Å². The Kier molecular flexibility index (Phi) is 9.51. The molecule has 12 heteroatoms. The lowest BCUT2D eigenvalue weighted by Crippen LogP contribution is -2.29. The molecular formula is C33H33FN3O7P. The quantitative estimate of drug-likeness (QED) is 0.132. The van der Waals surface area contributed by atoms with Gasteiger partial charge >= 0.3 is 7.60 Å². The number of carbonyl (C=O) groups excluding carboxylic acids is 2. The summed E-state index contributed by atoms with van der Waals surface area (Å²) in [5, 5.41) is 14.2. The summed E-state index contributed by atoms with van der Waals surface area (Å²) in [6.45, 7) is 7.68. The van der Waals surface area contributed by atoms with E-state index < -0.39 is 31.3 Å². The van der Waals surface area contributed by atoms with Crippen molar-refractivity contribution < 1.29 is 37.4 Å². The highest BCUT2D eigenvalue weighted by Crippen LogP contribution is 2.50. The fourth-order valence-electron chi connectivity index (χ4n) is 5.11. The number of amides is 2. The number of pyridine rings is 1. The number of nitrogens with one attached hydrogen (secondary N) is 1. The zero-order valence-corrected chi connectivity index (χ0v) is 25.8. The van der Waals surface area contributed by atoms with Gasteiger partial charge in [0, 0.05) is 36.8 Å². The molecule has 1 aliphatic rings. The lowest BCUT2D eigenvalue weighted by molar-refractivity contribution is 0.0763. The number of hydrogen-bond donors (Lipinski definition) is 2. The summed E-state index contributed by atoms with van der Waals surface area (Å²) in [5.74, 6) is -1.14. The average molecular weight is 634 g/mol. The topological polar surface area (TPSA) is 127 Å². The molecule has 2 atom stereocenters. The molecule has 3 aromatic carbocycles. The predicted octanol–water partition coefficient (Wildman–Crippen LogP) is 6.19. The Labute approximate surface area is 260 Å². The highest BCUT2D eigenvalue weighted by molar-refractivity contribution is 7.54. The first-order valence-electron chi connectivity index (χ1n) is 14.4. The smallest absolute Gasteiger partial charge is 0.381 e. The molecule has 5 rings (SSSR count). The summed E-state index contributed by atoms with van der Waals surface area (Å²) in [7, 11) is -3.85. The fourth-order valence-corrected chi connectivity index (χ4v) is 6.78. The van der Waals surface area contributed by atoms with Crippen LogP contribution in [0.2, 0.25) is 0 Å². The average Bonchev–Trinajstić information content (AvgIpc) is 3.34. The van der Waals surface area contributed by atoms with Crippen molar-refractivity contribution in [3.63, 3.8) is 0 Å². The summed E-state index contributed by atoms with van der Waals surface area (Å²) < 4.78 is 44.4. The van der Waals surface area contributed by atoms with Gasteiger partial charge in [0.15, 0.2) is 5.75 Å². The van der Waals surface area contributed by atoms with Crippen LogP contribution in [0.4, 0.5) is 4.39 Å². The first-order chi connectivity index (χ1) is 21.6. The van der Waals surface area contributed by atoms with Crippen molar-refractivity contribution in [2.75, 3.05) is 19.3 Å². The van der Waals surface area contributed by atoms with Crippen LogP contribution in [0.1, 0.15) is 45.7 Å². The van der Waals surface area contributed by atoms with Gasteiger partial charge < -0.3 is 24.6 Å². The van der Waals surface area contributed by atoms with E-state index in [0.29, 0.717) is 28.9 Å². The number of halogens is 1. The normalized spacial score (nSPS) is 14.5. The lowest BCUT2D eigenvalue weighted by atomic mass is 9.96. The Morgan fingerprint density at radius 2 is 1.89 bits per heavy atom. The first kappa shape index (κ1) is 31.7. The zero-order valence-electron chi connectivity index (χ0n) is 24.9. The Bertz CT molecular complexity index is 1780. The summed E-state index contributed by atoms with van der Waals surface area (Å²) in [6, 6.07) is 17.5. The van der Waals surface area contributed by atoms with Crippen LogP contribution in [-0.2, 0) is 26.9 Å². The number of carbonyl (C=O) groups is 2. The molecule has 1 unspecified atom stereocenters. The second-order valence-corrected chi connectivity index (χ2v) is 12.5. The van der Waals surface area contributed by atoms with Crippen molar-refractivity contribution >= 4 is 30.3 Å². The van der Waals surface area contributed by atoms with Crippen LogP contribution in [0.25, 0.3) is 10.9 Å². The van der Waals surface area contributed by atoms with Gasteiger partial charge in [-0.2, -0.15) is 0 Å². The van der Waals surface area contributed by atoms with Gasteiger partial charge in [0.05, 0.1) is 23.9 Å². The molecule has 0 bridgehead atoms. The summed E-state index contributed by atoms with van der Waals surface area (Å²) in [6.07, 6.45) is 0.505. The van der Waals surface area contributed by atoms with Crippen molar-refractivity contribution in [2.24, 2.45) is 0 Å². The van der Waals surface area contributed by atoms with Crippen molar-refractivity contribution in [3.8, 4) is 11.5 Å². The van der Waals surface area contributed by atoms with Crippen LogP contribution in [-0.4, -0.2) is 52.2 Å². The van der Waals surface area contributed by atoms with E-state index in [-0.39, 0.29) is 53.9 Å². The zero-order chi connectivity index (χ0) is 32.1. The molecule has 2 heterocycles. The molecule has 0 spiro atoms. The molecule has 2 amide bonds. The van der Waals surface area contributed by atoms with Crippen LogP contribution in [0, 0.1) is 5.82 Å². The van der Waals surface area contributed by atoms with Crippen LogP contribution < -0.4 is 9.84 Å². The maximum Gasteiger partial charge on any atom is 0.381 e. The van der Waals surface area contributed by atoms with E-state index in [0.717, 1.165) is 0 Å². The highest BCUT2D eigenvalue weighted by atomic mass is 31.2. The third kappa shape index (κ3) is 7.00. The number of rotatable bonds is 13. The third-order valence-electron chi connectivity index (χ3n) is 7.27. The standard InChI is InChI=1S/C33H33FN3O7P/c1-4-42-21(2)22(3)43-45(41,44-25-9-6-5-7-10-25)18-17-36-32(39)28-26-11-8-16-35-30(26)31(38)29-27(28)20-37(33(29)40)19-23-12-14-24(34)15-13-23/h5-16,22,38H,2,4,17-20H2,1,3H3,(H,36,39)/t22-,45?/m0/s1. The molecule has 4 aromatic rings. The molecule has 0 saturated carbocycles. The molecule has 1 aromatic heterocycles. The number of fused-ring (bicyclic) bond motifs is 2. The lowest BCUT2D eigenvalue weighted by Gasteiger charge is -2.24. The molecule has 10 nitrogen and oxygen atoms in total. The van der Waals surface area contributed by atoms with E-state index in [1.807, 2.05) is 0 Å². The monoisotopic (exact) mass is 633 g/mol. The number of benzene rings is 3. The van der Waals surface area contributed by atoms with E-state index in [2.05, 4.69) is 16.9 Å². The van der Waals surface area contributed by atoms with E-state index in [9.17, 15) is 23.7 Å². The maximum atomic E-state index is 13.9. The number of aromatic nitrogens is 1. The van der Waals surface area contributed by atoms with E-state index in [1.54, 1.807) is 68.4 Å². The number of phenols is 1. The van der Waals surface area contributed by atoms with E-state index in [4.69, 9.17) is 13.8 Å². The third-order valence-corrected chi connectivity index (χ3v) is 9.16. The second-order valence-electron chi connectivity index (χ2n) is 10.4. The molecule has 0 fully saturated rings. The van der Waals surface area contributed by atoms with Crippen molar-refractivity contribution in [1.29, 1.82) is 0 Å².